The van der Waals surface area contributed by atoms with Crippen LogP contribution < -0.4 is 0 Å². The molecule has 5 heterocycles. The van der Waals surface area contributed by atoms with Crippen LogP contribution in [0.5, 0.6) is 0 Å². The maximum Gasteiger partial charge on any atom is 0.273 e. The number of nitrogens with zero attached hydrogens (tertiary/aromatic N) is 6. The van der Waals surface area contributed by atoms with E-state index in [1.54, 1.807) is 0 Å². The van der Waals surface area contributed by atoms with E-state index >= 15 is 0 Å². The van der Waals surface area contributed by atoms with Crippen LogP contribution in [0.3, 0.4) is 0 Å². The van der Waals surface area contributed by atoms with Crippen LogP contribution in [-0.4, -0.2) is 60.3 Å². The number of ether oxygens (including phenoxy) is 1. The summed E-state index contributed by atoms with van der Waals surface area (Å²) in [6, 6.07) is 1.36. The number of hydrogen-bond donors (Lipinski definition) is 0. The van der Waals surface area contributed by atoms with Gasteiger partial charge in [0.15, 0.2) is 5.65 Å². The highest BCUT2D eigenvalue weighted by Crippen LogP contribution is 2.31. The molecule has 3 aromatic heterocycles. The normalized spacial score (nSPS) is 22.1. The first-order valence-electron chi connectivity index (χ1n) is 8.68. The van der Waals surface area contributed by atoms with E-state index in [0.29, 0.717) is 24.5 Å². The molecule has 2 saturated heterocycles. The summed E-state index contributed by atoms with van der Waals surface area (Å²) in [5, 5.41) is 4.01. The molecule has 2 atom stereocenters. The molecule has 140 valence electrons. The van der Waals surface area contributed by atoms with Crippen molar-refractivity contribution in [3.63, 3.8) is 0 Å². The van der Waals surface area contributed by atoms with Gasteiger partial charge in [-0.2, -0.15) is 5.10 Å². The number of hydrogen-bond acceptors (Lipinski definition) is 5. The predicted octanol–water partition coefficient (Wildman–Crippen LogP) is 1.86. The summed E-state index contributed by atoms with van der Waals surface area (Å²) in [7, 11) is 0. The van der Waals surface area contributed by atoms with Crippen molar-refractivity contribution in [3.8, 4) is 5.69 Å². The number of imidazole rings is 1. The van der Waals surface area contributed by atoms with E-state index in [0.717, 1.165) is 12.8 Å². The van der Waals surface area contributed by atoms with E-state index < -0.39 is 6.43 Å². The van der Waals surface area contributed by atoms with Crippen LogP contribution in [0.1, 0.15) is 35.3 Å². The van der Waals surface area contributed by atoms with Gasteiger partial charge < -0.3 is 9.64 Å². The van der Waals surface area contributed by atoms with Crippen molar-refractivity contribution in [2.24, 2.45) is 0 Å². The van der Waals surface area contributed by atoms with Gasteiger partial charge in [-0.1, -0.05) is 0 Å². The van der Waals surface area contributed by atoms with Gasteiger partial charge in [-0.3, -0.25) is 9.20 Å². The van der Waals surface area contributed by atoms with Gasteiger partial charge in [-0.15, -0.1) is 0 Å². The topological polar surface area (TPSA) is 77.5 Å². The lowest BCUT2D eigenvalue weighted by atomic mass is 10.2. The third kappa shape index (κ3) is 2.51. The number of carbonyl (C=O) groups is 1. The molecule has 1 amide bonds. The number of morpholine rings is 1. The predicted molar refractivity (Wildman–Crippen MR) is 88.9 cm³/mol. The summed E-state index contributed by atoms with van der Waals surface area (Å²) < 4.78 is 35.2. The van der Waals surface area contributed by atoms with Crippen LogP contribution in [-0.2, 0) is 4.74 Å². The second kappa shape index (κ2) is 6.08. The lowest BCUT2D eigenvalue weighted by Gasteiger charge is -2.34. The van der Waals surface area contributed by atoms with E-state index in [2.05, 4.69) is 15.1 Å². The molecule has 5 rings (SSSR count). The minimum Gasteiger partial charge on any atom is -0.377 e. The first-order chi connectivity index (χ1) is 13.1. The molecule has 0 aromatic carbocycles. The summed E-state index contributed by atoms with van der Waals surface area (Å²) in [6.45, 7) is 1.01. The Balaban J connectivity index is 1.65. The van der Waals surface area contributed by atoms with Crippen molar-refractivity contribution in [3.05, 3.63) is 42.4 Å². The zero-order chi connectivity index (χ0) is 18.5. The maximum absolute atomic E-state index is 13.5. The first kappa shape index (κ1) is 16.3. The average molecular weight is 374 g/mol. The highest BCUT2D eigenvalue weighted by Gasteiger charge is 2.41. The Bertz CT molecular complexity index is 986. The summed E-state index contributed by atoms with van der Waals surface area (Å²) >= 11 is 0. The van der Waals surface area contributed by atoms with Crippen LogP contribution in [0, 0.1) is 0 Å². The van der Waals surface area contributed by atoms with Gasteiger partial charge in [-0.25, -0.2) is 23.4 Å². The molecule has 0 N–H and O–H groups in total. The Kier molecular flexibility index (Phi) is 3.67. The van der Waals surface area contributed by atoms with Crippen LogP contribution >= 0.6 is 0 Å². The number of amides is 1. The molecule has 0 aliphatic carbocycles. The zero-order valence-corrected chi connectivity index (χ0v) is 14.2. The number of pyridine rings is 1. The molecule has 2 unspecified atom stereocenters. The molecule has 0 spiro atoms. The van der Waals surface area contributed by atoms with Crippen molar-refractivity contribution in [2.75, 3.05) is 13.2 Å². The van der Waals surface area contributed by atoms with Crippen molar-refractivity contribution < 1.29 is 18.3 Å². The van der Waals surface area contributed by atoms with Crippen LogP contribution in [0.4, 0.5) is 8.78 Å². The molecule has 2 bridgehead atoms. The van der Waals surface area contributed by atoms with E-state index in [1.807, 2.05) is 4.90 Å². The lowest BCUT2D eigenvalue weighted by Crippen LogP contribution is -2.49. The van der Waals surface area contributed by atoms with Gasteiger partial charge >= 0.3 is 0 Å². The minimum atomic E-state index is -2.69. The van der Waals surface area contributed by atoms with E-state index in [9.17, 15) is 13.6 Å². The molecule has 0 radical (unpaired) electrons. The molecule has 2 fully saturated rings. The minimum absolute atomic E-state index is 0.0230. The van der Waals surface area contributed by atoms with Crippen molar-refractivity contribution in [1.82, 2.24) is 29.0 Å². The van der Waals surface area contributed by atoms with Gasteiger partial charge in [-0.05, 0) is 18.9 Å². The highest BCUT2D eigenvalue weighted by molar-refractivity contribution is 5.94. The Morgan fingerprint density at radius 2 is 2.04 bits per heavy atom. The van der Waals surface area contributed by atoms with Crippen LogP contribution in [0.15, 0.2) is 31.1 Å². The third-order valence-corrected chi connectivity index (χ3v) is 5.22. The molecule has 8 nitrogen and oxygen atoms in total. The standard InChI is InChI=1S/C17H16F2N6O2/c18-15(19)10-3-13(24-9-20-8-22-24)16-21-4-14(23(16)5-10)17(26)25-11-1-2-12(25)7-27-6-11/h3-5,8-9,11-12,15H,1-2,6-7H2. The number of rotatable bonds is 3. The van der Waals surface area contributed by atoms with Crippen molar-refractivity contribution in [1.29, 1.82) is 0 Å². The number of halogens is 2. The second-order valence-electron chi connectivity index (χ2n) is 6.77. The smallest absolute Gasteiger partial charge is 0.273 e. The molecular formula is C17H16F2N6O2. The molecule has 2 aliphatic heterocycles. The Morgan fingerprint density at radius 1 is 1.26 bits per heavy atom. The fraction of sp³-hybridized carbons (Fsp3) is 0.412. The van der Waals surface area contributed by atoms with Crippen LogP contribution in [0.2, 0.25) is 0 Å². The number of aromatic nitrogens is 5. The molecule has 10 heteroatoms. The SMILES string of the molecule is O=C(c1cnc2c(-n3cncn3)cc(C(F)F)cn12)N1C2CCC1COC2. The summed E-state index contributed by atoms with van der Waals surface area (Å²) in [5.74, 6) is -0.214. The Hall–Kier alpha value is -2.88. The monoisotopic (exact) mass is 374 g/mol. The molecule has 0 saturated carbocycles. The fourth-order valence-corrected chi connectivity index (χ4v) is 3.96. The first-order valence-corrected chi connectivity index (χ1v) is 8.68. The zero-order valence-electron chi connectivity index (χ0n) is 14.2. The Morgan fingerprint density at radius 3 is 2.70 bits per heavy atom. The van der Waals surface area contributed by atoms with Crippen LogP contribution in [0.25, 0.3) is 11.3 Å². The van der Waals surface area contributed by atoms with E-state index in [4.69, 9.17) is 4.74 Å². The van der Waals surface area contributed by atoms with E-state index in [-0.39, 0.29) is 29.2 Å². The van der Waals surface area contributed by atoms with Gasteiger partial charge in [0, 0.05) is 11.8 Å². The van der Waals surface area contributed by atoms with E-state index in [1.165, 1.54) is 40.2 Å². The van der Waals surface area contributed by atoms with Crippen molar-refractivity contribution in [2.45, 2.75) is 31.4 Å². The van der Waals surface area contributed by atoms with Gasteiger partial charge in [0.1, 0.15) is 24.0 Å². The fourth-order valence-electron chi connectivity index (χ4n) is 3.96. The quantitative estimate of drug-likeness (QED) is 0.699. The average Bonchev–Trinajstić information content (AvgIpc) is 3.38. The molecule has 3 aromatic rings. The number of alkyl halides is 2. The van der Waals surface area contributed by atoms with Gasteiger partial charge in [0.25, 0.3) is 12.3 Å². The largest absolute Gasteiger partial charge is 0.377 e. The summed E-state index contributed by atoms with van der Waals surface area (Å²) in [6.07, 6.45) is 4.50. The molecule has 27 heavy (non-hydrogen) atoms. The highest BCUT2D eigenvalue weighted by atomic mass is 19.3. The number of carbonyl (C=O) groups excluding carboxylic acids is 1. The molecule has 2 aliphatic rings. The van der Waals surface area contributed by atoms with Gasteiger partial charge in [0.05, 0.1) is 31.5 Å². The summed E-state index contributed by atoms with van der Waals surface area (Å²) in [5.41, 5.74) is 0.751. The number of fused-ring (bicyclic) bond motifs is 3. The second-order valence-corrected chi connectivity index (χ2v) is 6.77. The Labute approximate surface area is 152 Å². The lowest BCUT2D eigenvalue weighted by molar-refractivity contribution is -0.00752. The van der Waals surface area contributed by atoms with Crippen molar-refractivity contribution >= 4 is 11.6 Å². The molecular weight excluding hydrogens is 358 g/mol. The third-order valence-electron chi connectivity index (χ3n) is 5.22. The summed E-state index contributed by atoms with van der Waals surface area (Å²) in [4.78, 5) is 23.2. The van der Waals surface area contributed by atoms with Gasteiger partial charge in [0.2, 0.25) is 0 Å². The maximum atomic E-state index is 13.5.